The molecule has 1 fully saturated rings. The number of anilines is 1. The van der Waals surface area contributed by atoms with Crippen LogP contribution in [0.4, 0.5) is 10.2 Å². The van der Waals surface area contributed by atoms with E-state index in [0.717, 1.165) is 37.4 Å². The van der Waals surface area contributed by atoms with Gasteiger partial charge in [-0.15, -0.1) is 0 Å². The highest BCUT2D eigenvalue weighted by atomic mass is 19.1. The fourth-order valence-electron chi connectivity index (χ4n) is 2.75. The van der Waals surface area contributed by atoms with E-state index in [1.807, 2.05) is 7.05 Å². The highest BCUT2D eigenvalue weighted by Gasteiger charge is 2.14. The molecule has 1 aromatic heterocycles. The molecule has 1 saturated heterocycles. The summed E-state index contributed by atoms with van der Waals surface area (Å²) in [6, 6.07) is 1.59. The Hall–Kier alpha value is -1.20. The normalized spacial score (nSPS) is 15.6. The summed E-state index contributed by atoms with van der Waals surface area (Å²) in [6.45, 7) is 8.12. The van der Waals surface area contributed by atoms with Crippen LogP contribution in [0.3, 0.4) is 0 Å². The first kappa shape index (κ1) is 16.2. The van der Waals surface area contributed by atoms with E-state index in [0.29, 0.717) is 6.54 Å². The van der Waals surface area contributed by atoms with Crippen LogP contribution in [-0.4, -0.2) is 49.7 Å². The summed E-state index contributed by atoms with van der Waals surface area (Å²) in [5.74, 6) is 0.624. The lowest BCUT2D eigenvalue weighted by Crippen LogP contribution is -2.32. The van der Waals surface area contributed by atoms with Gasteiger partial charge in [0.25, 0.3) is 0 Å². The maximum absolute atomic E-state index is 13.4. The monoisotopic (exact) mass is 294 g/mol. The molecule has 0 radical (unpaired) electrons. The van der Waals surface area contributed by atoms with Crippen molar-refractivity contribution >= 4 is 5.82 Å². The Labute approximate surface area is 127 Å². The van der Waals surface area contributed by atoms with E-state index in [-0.39, 0.29) is 5.82 Å². The van der Waals surface area contributed by atoms with Crippen LogP contribution in [0, 0.1) is 5.82 Å². The maximum atomic E-state index is 13.4. The summed E-state index contributed by atoms with van der Waals surface area (Å²) in [6.07, 6.45) is 5.00. The quantitative estimate of drug-likeness (QED) is 0.745. The Morgan fingerprint density at radius 3 is 2.86 bits per heavy atom. The van der Waals surface area contributed by atoms with Gasteiger partial charge < -0.3 is 15.1 Å². The Morgan fingerprint density at radius 2 is 2.14 bits per heavy atom. The van der Waals surface area contributed by atoms with Gasteiger partial charge in [-0.2, -0.15) is 0 Å². The number of hydrogen-bond donors (Lipinski definition) is 1. The second-order valence-corrected chi connectivity index (χ2v) is 5.78. The lowest BCUT2D eigenvalue weighted by molar-refractivity contribution is 0.346. The van der Waals surface area contributed by atoms with Gasteiger partial charge in [0.2, 0.25) is 0 Å². The molecule has 1 aliphatic heterocycles. The number of nitrogens with one attached hydrogen (secondary N) is 1. The number of halogens is 1. The molecule has 1 aromatic rings. The van der Waals surface area contributed by atoms with Gasteiger partial charge in [0.05, 0.1) is 6.20 Å². The molecular weight excluding hydrogens is 267 g/mol. The number of nitrogens with zero attached hydrogens (tertiary/aromatic N) is 3. The zero-order valence-corrected chi connectivity index (χ0v) is 13.2. The predicted octanol–water partition coefficient (Wildman–Crippen LogP) is 2.25. The molecule has 2 heterocycles. The van der Waals surface area contributed by atoms with E-state index < -0.39 is 0 Å². The highest BCUT2D eigenvalue weighted by Crippen LogP contribution is 2.18. The number of likely N-dealkylation sites (tertiary alicyclic amines) is 1. The van der Waals surface area contributed by atoms with E-state index >= 15 is 0 Å². The molecule has 0 atom stereocenters. The van der Waals surface area contributed by atoms with E-state index in [9.17, 15) is 4.39 Å². The molecule has 0 saturated carbocycles. The molecule has 1 aliphatic rings. The van der Waals surface area contributed by atoms with E-state index in [1.165, 1.54) is 32.1 Å². The standard InChI is InChI=1S/C16H27FN4/c1-3-6-18-12-14-11-15(17)13-19-16(14)20(2)9-10-21-7-4-5-8-21/h11,13,18H,3-10,12H2,1-2H3. The average molecular weight is 294 g/mol. The van der Waals surface area contributed by atoms with Crippen LogP contribution in [0.2, 0.25) is 0 Å². The molecule has 0 bridgehead atoms. The second kappa shape index (κ2) is 8.29. The number of hydrogen-bond acceptors (Lipinski definition) is 4. The van der Waals surface area contributed by atoms with Crippen LogP contribution in [0.15, 0.2) is 12.3 Å². The highest BCUT2D eigenvalue weighted by molar-refractivity contribution is 5.46. The molecule has 2 rings (SSSR count). The number of pyridine rings is 1. The van der Waals surface area contributed by atoms with Crippen LogP contribution in [0.25, 0.3) is 0 Å². The van der Waals surface area contributed by atoms with Crippen LogP contribution < -0.4 is 10.2 Å². The summed E-state index contributed by atoms with van der Waals surface area (Å²) < 4.78 is 13.4. The van der Waals surface area contributed by atoms with Crippen LogP contribution in [0.5, 0.6) is 0 Å². The van der Waals surface area contributed by atoms with Gasteiger partial charge in [-0.05, 0) is 45.0 Å². The van der Waals surface area contributed by atoms with Gasteiger partial charge in [0, 0.05) is 32.2 Å². The SMILES string of the molecule is CCCNCc1cc(F)cnc1N(C)CCN1CCCC1. The molecule has 5 heteroatoms. The fourth-order valence-corrected chi connectivity index (χ4v) is 2.75. The molecule has 0 aliphatic carbocycles. The molecule has 0 unspecified atom stereocenters. The third-order valence-corrected chi connectivity index (χ3v) is 3.96. The third-order valence-electron chi connectivity index (χ3n) is 3.96. The second-order valence-electron chi connectivity index (χ2n) is 5.78. The first-order chi connectivity index (χ1) is 10.2. The fraction of sp³-hybridized carbons (Fsp3) is 0.688. The Morgan fingerprint density at radius 1 is 1.38 bits per heavy atom. The zero-order valence-electron chi connectivity index (χ0n) is 13.2. The minimum Gasteiger partial charge on any atom is -0.358 e. The smallest absolute Gasteiger partial charge is 0.141 e. The van der Waals surface area contributed by atoms with Crippen molar-refractivity contribution in [3.8, 4) is 0 Å². The van der Waals surface area contributed by atoms with Crippen molar-refractivity contribution in [1.29, 1.82) is 0 Å². The molecule has 21 heavy (non-hydrogen) atoms. The van der Waals surface area contributed by atoms with Gasteiger partial charge in [-0.25, -0.2) is 9.37 Å². The van der Waals surface area contributed by atoms with Gasteiger partial charge in [0.15, 0.2) is 0 Å². The number of likely N-dealkylation sites (N-methyl/N-ethyl adjacent to an activating group) is 1. The van der Waals surface area contributed by atoms with Gasteiger partial charge >= 0.3 is 0 Å². The van der Waals surface area contributed by atoms with Crippen molar-refractivity contribution in [3.05, 3.63) is 23.6 Å². The number of aromatic nitrogens is 1. The Kier molecular flexibility index (Phi) is 6.39. The summed E-state index contributed by atoms with van der Waals surface area (Å²) in [5.41, 5.74) is 0.937. The molecule has 4 nitrogen and oxygen atoms in total. The predicted molar refractivity (Wildman–Crippen MR) is 85.1 cm³/mol. The minimum absolute atomic E-state index is 0.264. The Balaban J connectivity index is 1.95. The van der Waals surface area contributed by atoms with Crippen LogP contribution in [-0.2, 0) is 6.54 Å². The van der Waals surface area contributed by atoms with Gasteiger partial charge in [0.1, 0.15) is 11.6 Å². The molecule has 0 amide bonds. The van der Waals surface area contributed by atoms with Crippen molar-refractivity contribution < 1.29 is 4.39 Å². The zero-order chi connectivity index (χ0) is 15.1. The number of rotatable bonds is 8. The van der Waals surface area contributed by atoms with E-state index in [1.54, 1.807) is 6.07 Å². The average Bonchev–Trinajstić information content (AvgIpc) is 2.98. The first-order valence-electron chi connectivity index (χ1n) is 7.99. The Bertz CT molecular complexity index is 432. The molecule has 0 spiro atoms. The van der Waals surface area contributed by atoms with Crippen molar-refractivity contribution in [2.24, 2.45) is 0 Å². The lowest BCUT2D eigenvalue weighted by Gasteiger charge is -2.24. The van der Waals surface area contributed by atoms with Gasteiger partial charge in [-0.1, -0.05) is 6.92 Å². The van der Waals surface area contributed by atoms with E-state index in [2.05, 4.69) is 27.0 Å². The summed E-state index contributed by atoms with van der Waals surface area (Å²) in [7, 11) is 2.04. The minimum atomic E-state index is -0.264. The molecule has 0 aromatic carbocycles. The van der Waals surface area contributed by atoms with Gasteiger partial charge in [-0.3, -0.25) is 0 Å². The van der Waals surface area contributed by atoms with Crippen molar-refractivity contribution in [2.75, 3.05) is 44.7 Å². The van der Waals surface area contributed by atoms with Crippen LogP contribution >= 0.6 is 0 Å². The summed E-state index contributed by atoms with van der Waals surface area (Å²) in [5, 5.41) is 3.33. The molecular formula is C16H27FN4. The van der Waals surface area contributed by atoms with E-state index in [4.69, 9.17) is 0 Å². The molecule has 1 N–H and O–H groups in total. The lowest BCUT2D eigenvalue weighted by atomic mass is 10.2. The largest absolute Gasteiger partial charge is 0.358 e. The summed E-state index contributed by atoms with van der Waals surface area (Å²) in [4.78, 5) is 8.92. The summed E-state index contributed by atoms with van der Waals surface area (Å²) >= 11 is 0. The third kappa shape index (κ3) is 4.93. The molecule has 118 valence electrons. The van der Waals surface area contributed by atoms with Crippen molar-refractivity contribution in [3.63, 3.8) is 0 Å². The first-order valence-corrected chi connectivity index (χ1v) is 7.99. The van der Waals surface area contributed by atoms with Crippen molar-refractivity contribution in [2.45, 2.75) is 32.7 Å². The van der Waals surface area contributed by atoms with Crippen LogP contribution in [0.1, 0.15) is 31.7 Å². The van der Waals surface area contributed by atoms with Crippen molar-refractivity contribution in [1.82, 2.24) is 15.2 Å². The maximum Gasteiger partial charge on any atom is 0.141 e. The topological polar surface area (TPSA) is 31.4 Å².